The second kappa shape index (κ2) is 9.43. The average molecular weight is 553 g/mol. The van der Waals surface area contributed by atoms with Gasteiger partial charge in [0.2, 0.25) is 0 Å². The maximum Gasteiger partial charge on any atom is 0.255 e. The fourth-order valence-corrected chi connectivity index (χ4v) is 8.04. The lowest BCUT2D eigenvalue weighted by Gasteiger charge is -2.44. The van der Waals surface area contributed by atoms with Crippen molar-refractivity contribution in [3.05, 3.63) is 70.5 Å². The van der Waals surface area contributed by atoms with Gasteiger partial charge < -0.3 is 15.5 Å². The number of carbonyl (C=O) groups is 1. The second-order valence-corrected chi connectivity index (χ2v) is 12.1. The number of aliphatic hydroxyl groups is 2. The Balaban J connectivity index is 1.39. The monoisotopic (exact) mass is 552 g/mol. The van der Waals surface area contributed by atoms with E-state index in [0.717, 1.165) is 18.2 Å². The first-order chi connectivity index (χ1) is 17.5. The van der Waals surface area contributed by atoms with E-state index in [-0.39, 0.29) is 39.7 Å². The van der Waals surface area contributed by atoms with Crippen molar-refractivity contribution in [2.45, 2.75) is 47.5 Å². The number of hydrogen-bond donors (Lipinski definition) is 4. The summed E-state index contributed by atoms with van der Waals surface area (Å²) in [7, 11) is -4.04. The zero-order valence-electron chi connectivity index (χ0n) is 19.2. The fraction of sp³-hybridized carbons (Fsp3) is 0.375. The summed E-state index contributed by atoms with van der Waals surface area (Å²) in [4.78, 5) is 12.5. The van der Waals surface area contributed by atoms with Crippen molar-refractivity contribution in [3.8, 4) is 0 Å². The predicted molar refractivity (Wildman–Crippen MR) is 128 cm³/mol. The SMILES string of the molecule is O=C(Nc1ccc(F)c(F)c1)c1ccc(Cl)c(S(=O)(=O)C2CC3CCC(C2)C3(O)C(O)c2cn[nH]n2)c1. The normalized spacial score (nSPS) is 26.1. The Labute approximate surface area is 215 Å². The van der Waals surface area contributed by atoms with Crippen LogP contribution in [0.3, 0.4) is 0 Å². The van der Waals surface area contributed by atoms with Gasteiger partial charge in [-0.1, -0.05) is 11.6 Å². The van der Waals surface area contributed by atoms with Crippen molar-refractivity contribution in [2.24, 2.45) is 11.8 Å². The maximum absolute atomic E-state index is 13.7. The summed E-state index contributed by atoms with van der Waals surface area (Å²) in [5, 5.41) is 33.7. The van der Waals surface area contributed by atoms with Crippen LogP contribution < -0.4 is 5.32 Å². The Hall–Kier alpha value is -2.93. The van der Waals surface area contributed by atoms with E-state index in [1.54, 1.807) is 0 Å². The number of hydrogen-bond acceptors (Lipinski definition) is 7. The van der Waals surface area contributed by atoms with Gasteiger partial charge in [0, 0.05) is 17.3 Å². The molecule has 1 aromatic heterocycles. The van der Waals surface area contributed by atoms with Gasteiger partial charge in [-0.2, -0.15) is 15.4 Å². The van der Waals surface area contributed by atoms with Gasteiger partial charge in [-0.15, -0.1) is 0 Å². The first-order valence-corrected chi connectivity index (χ1v) is 13.5. The van der Waals surface area contributed by atoms with Crippen molar-refractivity contribution in [1.29, 1.82) is 0 Å². The summed E-state index contributed by atoms with van der Waals surface area (Å²) in [5.74, 6) is -3.95. The number of carbonyl (C=O) groups excluding carboxylic acids is 1. The summed E-state index contributed by atoms with van der Waals surface area (Å²) in [6.45, 7) is 0. The van der Waals surface area contributed by atoms with E-state index in [1.807, 2.05) is 0 Å². The molecule has 2 aromatic carbocycles. The summed E-state index contributed by atoms with van der Waals surface area (Å²) in [5.41, 5.74) is -1.40. The lowest BCUT2D eigenvalue weighted by Crippen LogP contribution is -2.52. The van der Waals surface area contributed by atoms with Gasteiger partial charge in [-0.05, 0) is 67.9 Å². The third-order valence-electron chi connectivity index (χ3n) is 7.53. The molecule has 2 fully saturated rings. The smallest absolute Gasteiger partial charge is 0.255 e. The number of fused-ring (bicyclic) bond motifs is 2. The van der Waals surface area contributed by atoms with E-state index >= 15 is 0 Å². The van der Waals surface area contributed by atoms with Crippen LogP contribution in [0.4, 0.5) is 14.5 Å². The van der Waals surface area contributed by atoms with Crippen molar-refractivity contribution >= 4 is 33.0 Å². The van der Waals surface area contributed by atoms with Gasteiger partial charge in [-0.25, -0.2) is 17.2 Å². The molecule has 9 nitrogen and oxygen atoms in total. The first kappa shape index (κ1) is 25.7. The molecular formula is C24H23ClF2N4O5S. The molecule has 13 heteroatoms. The molecule has 2 saturated carbocycles. The van der Waals surface area contributed by atoms with Gasteiger partial charge in [0.1, 0.15) is 17.4 Å². The van der Waals surface area contributed by atoms with Gasteiger partial charge in [-0.3, -0.25) is 4.79 Å². The fourth-order valence-electron chi connectivity index (χ4n) is 5.64. The van der Waals surface area contributed by atoms with Crippen LogP contribution in [0.5, 0.6) is 0 Å². The van der Waals surface area contributed by atoms with Crippen LogP contribution in [0.25, 0.3) is 0 Å². The minimum atomic E-state index is -4.04. The molecular weight excluding hydrogens is 530 g/mol. The molecule has 196 valence electrons. The van der Waals surface area contributed by atoms with Crippen molar-refractivity contribution < 1.29 is 32.2 Å². The van der Waals surface area contributed by atoms with Crippen LogP contribution in [0.15, 0.2) is 47.5 Å². The van der Waals surface area contributed by atoms with Crippen molar-refractivity contribution in [3.63, 3.8) is 0 Å². The zero-order chi connectivity index (χ0) is 26.5. The number of benzene rings is 2. The van der Waals surface area contributed by atoms with E-state index in [0.29, 0.717) is 12.8 Å². The Bertz CT molecular complexity index is 1440. The minimum Gasteiger partial charge on any atom is -0.386 e. The molecule has 0 saturated heterocycles. The van der Waals surface area contributed by atoms with E-state index in [4.69, 9.17) is 11.6 Å². The first-order valence-electron chi connectivity index (χ1n) is 11.6. The number of anilines is 1. The highest BCUT2D eigenvalue weighted by Crippen LogP contribution is 2.56. The number of sulfone groups is 1. The summed E-state index contributed by atoms with van der Waals surface area (Å²) < 4.78 is 54.0. The number of amides is 1. The number of halogens is 3. The minimum absolute atomic E-state index is 0.00271. The molecule has 37 heavy (non-hydrogen) atoms. The summed E-state index contributed by atoms with van der Waals surface area (Å²) >= 11 is 6.26. The second-order valence-electron chi connectivity index (χ2n) is 9.52. The van der Waals surface area contributed by atoms with Gasteiger partial charge >= 0.3 is 0 Å². The van der Waals surface area contributed by atoms with Crippen LogP contribution in [0.2, 0.25) is 5.02 Å². The molecule has 1 heterocycles. The zero-order valence-corrected chi connectivity index (χ0v) is 20.8. The Morgan fingerprint density at radius 3 is 2.46 bits per heavy atom. The molecule has 0 aliphatic heterocycles. The lowest BCUT2D eigenvalue weighted by molar-refractivity contribution is -0.145. The molecule has 2 bridgehead atoms. The van der Waals surface area contributed by atoms with Gasteiger partial charge in [0.15, 0.2) is 21.5 Å². The maximum atomic E-state index is 13.7. The average Bonchev–Trinajstić information content (AvgIpc) is 3.43. The molecule has 3 atom stereocenters. The van der Waals surface area contributed by atoms with Crippen LogP contribution in [0.1, 0.15) is 47.8 Å². The van der Waals surface area contributed by atoms with Crippen molar-refractivity contribution in [2.75, 3.05) is 5.32 Å². The number of nitrogens with one attached hydrogen (secondary N) is 2. The number of aromatic nitrogens is 3. The van der Waals surface area contributed by atoms with Crippen LogP contribution in [-0.2, 0) is 9.84 Å². The largest absolute Gasteiger partial charge is 0.386 e. The van der Waals surface area contributed by atoms with E-state index < -0.39 is 56.2 Å². The Morgan fingerprint density at radius 1 is 1.14 bits per heavy atom. The molecule has 5 rings (SSSR count). The van der Waals surface area contributed by atoms with Crippen molar-refractivity contribution in [1.82, 2.24) is 15.4 Å². The molecule has 4 N–H and O–H groups in total. The molecule has 2 aliphatic carbocycles. The molecule has 1 amide bonds. The van der Waals surface area contributed by atoms with Crippen LogP contribution in [-0.4, -0.2) is 50.8 Å². The lowest BCUT2D eigenvalue weighted by atomic mass is 9.70. The standard InChI is InChI=1S/C24H23ClF2N4O5S/c25-17-5-1-12(23(33)29-15-4-6-18(26)19(27)10-15)7-21(17)37(35,36)16-8-13-2-3-14(9-16)24(13,34)22(32)20-11-28-31-30-20/h1,4-7,10-11,13-14,16,22,32,34H,2-3,8-9H2,(H,29,33)(H,28,30,31). The van der Waals surface area contributed by atoms with Crippen LogP contribution >= 0.6 is 11.6 Å². The highest BCUT2D eigenvalue weighted by Gasteiger charge is 2.59. The number of nitrogens with zero attached hydrogens (tertiary/aromatic N) is 2. The molecule has 0 radical (unpaired) electrons. The summed E-state index contributed by atoms with van der Waals surface area (Å²) in [6.07, 6.45) is 1.25. The number of H-pyrrole nitrogens is 1. The quantitative estimate of drug-likeness (QED) is 0.366. The van der Waals surface area contributed by atoms with Crippen LogP contribution in [0, 0.1) is 23.5 Å². The molecule has 3 aromatic rings. The van der Waals surface area contributed by atoms with E-state index in [9.17, 15) is 32.2 Å². The number of aliphatic hydroxyl groups excluding tert-OH is 1. The van der Waals surface area contributed by atoms with Gasteiger partial charge in [0.25, 0.3) is 5.91 Å². The Morgan fingerprint density at radius 2 is 1.84 bits per heavy atom. The van der Waals surface area contributed by atoms with E-state index in [2.05, 4.69) is 20.7 Å². The molecule has 2 aliphatic rings. The van der Waals surface area contributed by atoms with Gasteiger partial charge in [0.05, 0.1) is 21.4 Å². The highest BCUT2D eigenvalue weighted by atomic mass is 35.5. The third-order valence-corrected chi connectivity index (χ3v) is 10.2. The third kappa shape index (κ3) is 4.41. The number of aromatic amines is 1. The summed E-state index contributed by atoms with van der Waals surface area (Å²) in [6, 6.07) is 6.62. The highest BCUT2D eigenvalue weighted by molar-refractivity contribution is 7.92. The predicted octanol–water partition coefficient (Wildman–Crippen LogP) is 3.42. The molecule has 0 spiro atoms. The topological polar surface area (TPSA) is 145 Å². The molecule has 3 unspecified atom stereocenters. The Kier molecular flexibility index (Phi) is 6.55. The number of rotatable bonds is 6. The van der Waals surface area contributed by atoms with E-state index in [1.165, 1.54) is 24.4 Å².